The van der Waals surface area contributed by atoms with Crippen molar-refractivity contribution in [2.45, 2.75) is 69.9 Å². The summed E-state index contributed by atoms with van der Waals surface area (Å²) in [6.07, 6.45) is 7.39. The number of halogens is 1. The van der Waals surface area contributed by atoms with Gasteiger partial charge in [0, 0.05) is 29.5 Å². The Morgan fingerprint density at radius 2 is 1.79 bits per heavy atom. The first-order valence-corrected chi connectivity index (χ1v) is 13.6. The minimum Gasteiger partial charge on any atom is -0.511 e. The number of phenolic OH excluding ortho intramolecular Hbond substituents is 1. The van der Waals surface area contributed by atoms with Crippen LogP contribution in [-0.4, -0.2) is 50.0 Å². The third-order valence-electron chi connectivity index (χ3n) is 8.79. The number of aliphatic hydroxyl groups excluding tert-OH is 2. The quantitative estimate of drug-likeness (QED) is 0.242. The molecule has 4 aliphatic carbocycles. The van der Waals surface area contributed by atoms with Gasteiger partial charge in [0.25, 0.3) is 5.91 Å². The summed E-state index contributed by atoms with van der Waals surface area (Å²) in [5, 5.41) is 47.3. The van der Waals surface area contributed by atoms with E-state index < -0.39 is 52.0 Å². The predicted octanol–water partition coefficient (Wildman–Crippen LogP) is 3.29. The number of allylic oxidation sites excluding steroid dienone is 2. The highest BCUT2D eigenvalue weighted by molar-refractivity contribution is 6.33. The monoisotopic (exact) mass is 544 g/mol. The minimum absolute atomic E-state index is 0.0702. The van der Waals surface area contributed by atoms with Crippen LogP contribution in [0, 0.1) is 17.8 Å². The van der Waals surface area contributed by atoms with E-state index in [1.807, 2.05) is 0 Å². The van der Waals surface area contributed by atoms with Crippen LogP contribution in [0.5, 0.6) is 5.75 Å². The largest absolute Gasteiger partial charge is 0.511 e. The maximum atomic E-state index is 13.6. The Morgan fingerprint density at radius 3 is 2.45 bits per heavy atom. The van der Waals surface area contributed by atoms with Gasteiger partial charge in [-0.15, -0.1) is 0 Å². The first-order chi connectivity index (χ1) is 18.1. The summed E-state index contributed by atoms with van der Waals surface area (Å²) in [5.41, 5.74) is 2.71. The van der Waals surface area contributed by atoms with Crippen LogP contribution < -0.4 is 11.1 Å². The molecule has 0 aliphatic heterocycles. The molecule has 0 spiro atoms. The summed E-state index contributed by atoms with van der Waals surface area (Å²) in [6.45, 7) is 1.27. The molecule has 1 unspecified atom stereocenters. The number of carbonyl (C=O) groups excluding carboxylic acids is 3. The van der Waals surface area contributed by atoms with Gasteiger partial charge < -0.3 is 31.5 Å². The van der Waals surface area contributed by atoms with Crippen LogP contribution in [0.25, 0.3) is 0 Å². The van der Waals surface area contributed by atoms with Gasteiger partial charge in [-0.05, 0) is 61.3 Å². The van der Waals surface area contributed by atoms with Gasteiger partial charge in [0.15, 0.2) is 11.4 Å². The molecule has 204 valence electrons. The van der Waals surface area contributed by atoms with Crippen LogP contribution in [0.1, 0.15) is 72.9 Å². The number of nitrogens with one attached hydrogen (secondary N) is 1. The SMILES string of the molecule is NC(=O)C1=C(O)C[C@@H]2CC3Cc4c(Cl)c(CNCC5CCCCCC5)cc(O)c4C(=O)C3=C(O)[C@]2(O)C1=O. The van der Waals surface area contributed by atoms with E-state index in [9.17, 15) is 34.8 Å². The second-order valence-electron chi connectivity index (χ2n) is 11.1. The van der Waals surface area contributed by atoms with Crippen molar-refractivity contribution in [1.29, 1.82) is 0 Å². The third-order valence-corrected chi connectivity index (χ3v) is 9.26. The van der Waals surface area contributed by atoms with Crippen LogP contribution in [0.2, 0.25) is 5.02 Å². The van der Waals surface area contributed by atoms with Crippen LogP contribution in [0.4, 0.5) is 0 Å². The summed E-state index contributed by atoms with van der Waals surface area (Å²) in [4.78, 5) is 38.4. The van der Waals surface area contributed by atoms with E-state index in [-0.39, 0.29) is 36.1 Å². The van der Waals surface area contributed by atoms with E-state index in [2.05, 4.69) is 5.32 Å². The standard InChI is InChI=1S/C28H33ClN2O7/c29-23-15(12-31-11-13-5-3-1-2-4-6-13)9-18(32)21-17(23)8-14-7-16-10-19(33)22(27(30)37)26(36)28(16,38)25(35)20(14)24(21)34/h9,13-14,16,31-33,35,38H,1-8,10-12H2,(H2,30,37)/t14?,16-,28-/m0/s1. The average Bonchev–Trinajstić information content (AvgIpc) is 3.13. The van der Waals surface area contributed by atoms with Crippen LogP contribution >= 0.6 is 11.6 Å². The van der Waals surface area contributed by atoms with Crippen LogP contribution in [-0.2, 0) is 22.6 Å². The second-order valence-corrected chi connectivity index (χ2v) is 11.5. The molecular formula is C28H33ClN2O7. The Morgan fingerprint density at radius 1 is 1.11 bits per heavy atom. The fourth-order valence-electron chi connectivity index (χ4n) is 6.83. The topological polar surface area (TPSA) is 170 Å². The van der Waals surface area contributed by atoms with E-state index in [4.69, 9.17) is 17.3 Å². The van der Waals surface area contributed by atoms with Crippen molar-refractivity contribution < 1.29 is 34.8 Å². The highest BCUT2D eigenvalue weighted by atomic mass is 35.5. The lowest BCUT2D eigenvalue weighted by atomic mass is 9.60. The number of ketones is 2. The lowest BCUT2D eigenvalue weighted by Crippen LogP contribution is -2.57. The number of benzene rings is 1. The van der Waals surface area contributed by atoms with Gasteiger partial charge in [-0.25, -0.2) is 0 Å². The molecule has 7 N–H and O–H groups in total. The first kappa shape index (κ1) is 26.7. The molecule has 0 bridgehead atoms. The van der Waals surface area contributed by atoms with Crippen molar-refractivity contribution in [3.05, 3.63) is 50.4 Å². The molecule has 1 aromatic rings. The van der Waals surface area contributed by atoms with Crippen molar-refractivity contribution in [3.63, 3.8) is 0 Å². The van der Waals surface area contributed by atoms with Crippen molar-refractivity contribution >= 4 is 29.1 Å². The maximum absolute atomic E-state index is 13.6. The number of carbonyl (C=O) groups is 3. The van der Waals surface area contributed by atoms with Gasteiger partial charge in [-0.1, -0.05) is 37.3 Å². The molecular weight excluding hydrogens is 512 g/mol. The summed E-state index contributed by atoms with van der Waals surface area (Å²) in [7, 11) is 0. The zero-order chi connectivity index (χ0) is 27.4. The zero-order valence-electron chi connectivity index (χ0n) is 21.1. The molecule has 9 nitrogen and oxygen atoms in total. The normalized spacial score (nSPS) is 28.1. The molecule has 10 heteroatoms. The number of Topliss-reactive ketones (excluding diaryl/α,β-unsaturated/α-hetero) is 2. The Labute approximate surface area is 225 Å². The van der Waals surface area contributed by atoms with Gasteiger partial charge >= 0.3 is 0 Å². The number of phenols is 1. The number of nitrogens with two attached hydrogens (primary N) is 1. The lowest BCUT2D eigenvalue weighted by Gasteiger charge is -2.45. The number of amides is 1. The smallest absolute Gasteiger partial charge is 0.255 e. The van der Waals surface area contributed by atoms with E-state index in [0.29, 0.717) is 28.6 Å². The van der Waals surface area contributed by atoms with E-state index in [0.717, 1.165) is 6.54 Å². The second kappa shape index (κ2) is 10.0. The molecule has 0 radical (unpaired) electrons. The van der Waals surface area contributed by atoms with Crippen LogP contribution in [0.15, 0.2) is 28.7 Å². The van der Waals surface area contributed by atoms with Crippen LogP contribution in [0.3, 0.4) is 0 Å². The summed E-state index contributed by atoms with van der Waals surface area (Å²) in [6, 6.07) is 1.44. The van der Waals surface area contributed by atoms with E-state index >= 15 is 0 Å². The Bertz CT molecular complexity index is 1280. The molecule has 0 aromatic heterocycles. The van der Waals surface area contributed by atoms with Crippen molar-refractivity contribution in [2.75, 3.05) is 6.54 Å². The molecule has 1 fully saturated rings. The van der Waals surface area contributed by atoms with Gasteiger partial charge in [-0.2, -0.15) is 0 Å². The lowest BCUT2D eigenvalue weighted by molar-refractivity contribution is -0.144. The summed E-state index contributed by atoms with van der Waals surface area (Å²) < 4.78 is 0. The zero-order valence-corrected chi connectivity index (χ0v) is 21.8. The maximum Gasteiger partial charge on any atom is 0.255 e. The van der Waals surface area contributed by atoms with Gasteiger partial charge in [0.1, 0.15) is 22.8 Å². The number of aliphatic hydroxyl groups is 3. The molecule has 1 saturated carbocycles. The van der Waals surface area contributed by atoms with E-state index in [1.54, 1.807) is 0 Å². The predicted molar refractivity (Wildman–Crippen MR) is 139 cm³/mol. The van der Waals surface area contributed by atoms with Gasteiger partial charge in [0.2, 0.25) is 5.78 Å². The molecule has 5 rings (SSSR count). The first-order valence-electron chi connectivity index (χ1n) is 13.3. The molecule has 38 heavy (non-hydrogen) atoms. The summed E-state index contributed by atoms with van der Waals surface area (Å²) in [5.74, 6) is -5.89. The minimum atomic E-state index is -2.57. The Kier molecular flexibility index (Phi) is 7.04. The third kappa shape index (κ3) is 4.21. The summed E-state index contributed by atoms with van der Waals surface area (Å²) >= 11 is 6.76. The molecule has 3 atom stereocenters. The molecule has 1 amide bonds. The number of primary amides is 1. The highest BCUT2D eigenvalue weighted by Gasteiger charge is 2.59. The molecule has 1 aromatic carbocycles. The molecule has 0 heterocycles. The van der Waals surface area contributed by atoms with E-state index in [1.165, 1.54) is 44.6 Å². The molecule has 4 aliphatic rings. The van der Waals surface area contributed by atoms with Crippen molar-refractivity contribution in [3.8, 4) is 5.75 Å². The fourth-order valence-corrected chi connectivity index (χ4v) is 7.12. The number of hydrogen-bond donors (Lipinski definition) is 6. The number of aromatic hydroxyl groups is 1. The van der Waals surface area contributed by atoms with Crippen molar-refractivity contribution in [2.24, 2.45) is 23.5 Å². The Hall–Kier alpha value is -2.88. The fraction of sp³-hybridized carbons (Fsp3) is 0.536. The number of rotatable bonds is 5. The highest BCUT2D eigenvalue weighted by Crippen LogP contribution is 2.52. The average molecular weight is 545 g/mol. The molecule has 0 saturated heterocycles. The number of hydrogen-bond acceptors (Lipinski definition) is 8. The Balaban J connectivity index is 1.45. The van der Waals surface area contributed by atoms with Gasteiger partial charge in [0.05, 0.1) is 5.56 Å². The number of fused-ring (bicyclic) bond motifs is 3. The van der Waals surface area contributed by atoms with Gasteiger partial charge in [-0.3, -0.25) is 14.4 Å². The van der Waals surface area contributed by atoms with Crippen molar-refractivity contribution in [1.82, 2.24) is 5.32 Å².